The Morgan fingerprint density at radius 1 is 1.00 bits per heavy atom. The van der Waals surface area contributed by atoms with Crippen molar-refractivity contribution >= 4 is 29.5 Å². The van der Waals surface area contributed by atoms with E-state index in [0.29, 0.717) is 34.2 Å². The van der Waals surface area contributed by atoms with Gasteiger partial charge in [-0.3, -0.25) is 14.5 Å². The molecular formula is C33H27ClN4O4. The zero-order valence-corrected chi connectivity index (χ0v) is 23.8. The first kappa shape index (κ1) is 28.6. The van der Waals surface area contributed by atoms with Gasteiger partial charge in [-0.25, -0.2) is 4.68 Å². The van der Waals surface area contributed by atoms with Crippen LogP contribution in [0.2, 0.25) is 5.02 Å². The third kappa shape index (κ3) is 5.88. The Balaban J connectivity index is 1.59. The fraction of sp³-hybridized carbons (Fsp3) is 0.152. The number of amides is 2. The number of methoxy groups -OCH3 is 1. The maximum absolute atomic E-state index is 13.5. The lowest BCUT2D eigenvalue weighted by molar-refractivity contribution is -0.141. The minimum absolute atomic E-state index is 0.0327. The Hall–Kier alpha value is -4.97. The Bertz CT molecular complexity index is 1750. The summed E-state index contributed by atoms with van der Waals surface area (Å²) in [5, 5.41) is 15.2. The normalized spacial score (nSPS) is 14.4. The van der Waals surface area contributed by atoms with Crippen LogP contribution in [0.5, 0.6) is 5.75 Å². The number of hydrogen-bond acceptors (Lipinski definition) is 6. The van der Waals surface area contributed by atoms with Gasteiger partial charge >= 0.3 is 0 Å². The number of imide groups is 1. The number of rotatable bonds is 9. The molecule has 8 nitrogen and oxygen atoms in total. The zero-order valence-electron chi connectivity index (χ0n) is 23.1. The molecular weight excluding hydrogens is 552 g/mol. The molecule has 3 aromatic carbocycles. The standard InChI is InChI=1S/C33H27ClN4O4/c1-22-28(32(39)37(15-16-41-2)33(40)29(22)19-35)18-25-20-38(26-11-4-3-5-12-26)36-31(25)23-10-8-13-27(17-23)42-21-24-9-6-7-14-30(24)34/h3-14,17-18,20H,15-16,21H2,1-2H3/b28-18+. The zero-order chi connectivity index (χ0) is 29.6. The third-order valence-electron chi connectivity index (χ3n) is 6.87. The second-order valence-corrected chi connectivity index (χ2v) is 9.95. The van der Waals surface area contributed by atoms with Crippen molar-refractivity contribution in [3.63, 3.8) is 0 Å². The molecule has 0 fully saturated rings. The molecule has 5 rings (SSSR count). The lowest BCUT2D eigenvalue weighted by Crippen LogP contribution is -2.44. The highest BCUT2D eigenvalue weighted by Crippen LogP contribution is 2.32. The molecule has 0 aliphatic carbocycles. The Morgan fingerprint density at radius 3 is 2.50 bits per heavy atom. The third-order valence-corrected chi connectivity index (χ3v) is 7.24. The molecule has 2 heterocycles. The van der Waals surface area contributed by atoms with E-state index in [1.54, 1.807) is 17.7 Å². The van der Waals surface area contributed by atoms with E-state index < -0.39 is 11.8 Å². The smallest absolute Gasteiger partial charge is 0.271 e. The van der Waals surface area contributed by atoms with Gasteiger partial charge in [-0.15, -0.1) is 0 Å². The van der Waals surface area contributed by atoms with E-state index in [1.165, 1.54) is 7.11 Å². The molecule has 210 valence electrons. The largest absolute Gasteiger partial charge is 0.489 e. The van der Waals surface area contributed by atoms with Crippen LogP contribution in [0, 0.1) is 11.3 Å². The SMILES string of the molecule is COCCN1C(=O)C(C#N)=C(C)/C(=C\c2cn(-c3ccccc3)nc2-c2cccc(OCc3ccccc3Cl)c2)C1=O. The van der Waals surface area contributed by atoms with Crippen LogP contribution in [-0.4, -0.2) is 46.8 Å². The van der Waals surface area contributed by atoms with Crippen LogP contribution < -0.4 is 4.74 Å². The summed E-state index contributed by atoms with van der Waals surface area (Å²) < 4.78 is 12.9. The van der Waals surface area contributed by atoms with Gasteiger partial charge in [0.05, 0.1) is 18.8 Å². The van der Waals surface area contributed by atoms with E-state index in [2.05, 4.69) is 0 Å². The van der Waals surface area contributed by atoms with Crippen molar-refractivity contribution in [3.05, 3.63) is 118 Å². The molecule has 0 spiro atoms. The molecule has 4 aromatic rings. The molecule has 0 saturated carbocycles. The molecule has 0 radical (unpaired) electrons. The molecule has 42 heavy (non-hydrogen) atoms. The van der Waals surface area contributed by atoms with Crippen LogP contribution in [0.3, 0.4) is 0 Å². The molecule has 1 aliphatic rings. The molecule has 0 N–H and O–H groups in total. The van der Waals surface area contributed by atoms with Crippen molar-refractivity contribution in [2.24, 2.45) is 0 Å². The van der Waals surface area contributed by atoms with Gasteiger partial charge < -0.3 is 9.47 Å². The molecule has 1 aliphatic heterocycles. The van der Waals surface area contributed by atoms with Crippen LogP contribution in [0.25, 0.3) is 23.0 Å². The summed E-state index contributed by atoms with van der Waals surface area (Å²) in [5.41, 5.74) is 4.14. The van der Waals surface area contributed by atoms with Gasteiger partial charge in [0.1, 0.15) is 29.7 Å². The predicted octanol–water partition coefficient (Wildman–Crippen LogP) is 6.01. The highest BCUT2D eigenvalue weighted by Gasteiger charge is 2.35. The second-order valence-electron chi connectivity index (χ2n) is 9.55. The summed E-state index contributed by atoms with van der Waals surface area (Å²) in [4.78, 5) is 27.5. The number of nitriles is 1. The van der Waals surface area contributed by atoms with Gasteiger partial charge in [-0.1, -0.05) is 60.1 Å². The van der Waals surface area contributed by atoms with Gasteiger partial charge in [0.25, 0.3) is 11.8 Å². The average molecular weight is 579 g/mol. The number of ether oxygens (including phenoxy) is 2. The van der Waals surface area contributed by atoms with E-state index in [1.807, 2.05) is 91.1 Å². The molecule has 0 bridgehead atoms. The van der Waals surface area contributed by atoms with Gasteiger partial charge in [0.15, 0.2) is 0 Å². The van der Waals surface area contributed by atoms with E-state index in [0.717, 1.165) is 21.7 Å². The Labute approximate surface area is 248 Å². The maximum atomic E-state index is 13.5. The topological polar surface area (TPSA) is 97.5 Å². The van der Waals surface area contributed by atoms with Crippen LogP contribution in [0.15, 0.2) is 102 Å². The van der Waals surface area contributed by atoms with Gasteiger partial charge in [-0.2, -0.15) is 10.4 Å². The number of carbonyl (C=O) groups is 2. The van der Waals surface area contributed by atoms with Crippen molar-refractivity contribution in [3.8, 4) is 28.8 Å². The fourth-order valence-electron chi connectivity index (χ4n) is 4.61. The molecule has 9 heteroatoms. The summed E-state index contributed by atoms with van der Waals surface area (Å²) in [6.45, 7) is 2.09. The number of nitrogens with zero attached hydrogens (tertiary/aromatic N) is 4. The van der Waals surface area contributed by atoms with Crippen LogP contribution in [0.1, 0.15) is 18.1 Å². The fourth-order valence-corrected chi connectivity index (χ4v) is 4.80. The summed E-state index contributed by atoms with van der Waals surface area (Å²) >= 11 is 6.30. The number of carbonyl (C=O) groups excluding carboxylic acids is 2. The monoisotopic (exact) mass is 578 g/mol. The van der Waals surface area contributed by atoms with Crippen molar-refractivity contribution in [1.29, 1.82) is 5.26 Å². The molecule has 0 unspecified atom stereocenters. The molecule has 2 amide bonds. The molecule has 0 saturated heterocycles. The number of hydrogen-bond donors (Lipinski definition) is 0. The van der Waals surface area contributed by atoms with Gasteiger partial charge in [-0.05, 0) is 48.9 Å². The summed E-state index contributed by atoms with van der Waals surface area (Å²) in [6, 6.07) is 26.5. The Kier molecular flexibility index (Phi) is 8.63. The van der Waals surface area contributed by atoms with Crippen LogP contribution in [-0.2, 0) is 20.9 Å². The first-order valence-electron chi connectivity index (χ1n) is 13.2. The predicted molar refractivity (Wildman–Crippen MR) is 160 cm³/mol. The van der Waals surface area contributed by atoms with Crippen molar-refractivity contribution in [1.82, 2.24) is 14.7 Å². The summed E-state index contributed by atoms with van der Waals surface area (Å²) in [7, 11) is 1.48. The first-order chi connectivity index (χ1) is 20.4. The number of para-hydroxylation sites is 1. The number of benzene rings is 3. The number of aromatic nitrogens is 2. The van der Waals surface area contributed by atoms with Crippen molar-refractivity contribution < 1.29 is 19.1 Å². The highest BCUT2D eigenvalue weighted by atomic mass is 35.5. The highest BCUT2D eigenvalue weighted by molar-refractivity contribution is 6.31. The lowest BCUT2D eigenvalue weighted by Gasteiger charge is -2.27. The minimum Gasteiger partial charge on any atom is -0.489 e. The minimum atomic E-state index is -0.627. The van der Waals surface area contributed by atoms with Gasteiger partial charge in [0, 0.05) is 40.6 Å². The molecule has 1 aromatic heterocycles. The quantitative estimate of drug-likeness (QED) is 0.178. The van der Waals surface area contributed by atoms with Gasteiger partial charge in [0.2, 0.25) is 0 Å². The van der Waals surface area contributed by atoms with E-state index >= 15 is 0 Å². The summed E-state index contributed by atoms with van der Waals surface area (Å²) in [5.74, 6) is -0.505. The van der Waals surface area contributed by atoms with E-state index in [4.69, 9.17) is 26.2 Å². The van der Waals surface area contributed by atoms with E-state index in [9.17, 15) is 14.9 Å². The second kappa shape index (κ2) is 12.7. The van der Waals surface area contributed by atoms with Crippen LogP contribution >= 0.6 is 11.6 Å². The van der Waals surface area contributed by atoms with Crippen molar-refractivity contribution in [2.45, 2.75) is 13.5 Å². The lowest BCUT2D eigenvalue weighted by atomic mass is 9.93. The molecule has 0 atom stereocenters. The van der Waals surface area contributed by atoms with Crippen LogP contribution in [0.4, 0.5) is 0 Å². The maximum Gasteiger partial charge on any atom is 0.271 e. The van der Waals surface area contributed by atoms with Crippen molar-refractivity contribution in [2.75, 3.05) is 20.3 Å². The van der Waals surface area contributed by atoms with E-state index in [-0.39, 0.29) is 24.3 Å². The summed E-state index contributed by atoms with van der Waals surface area (Å²) in [6.07, 6.45) is 3.50. The average Bonchev–Trinajstić information content (AvgIpc) is 3.44. The Morgan fingerprint density at radius 2 is 1.76 bits per heavy atom. The number of halogens is 1. The first-order valence-corrected chi connectivity index (χ1v) is 13.6.